The molecule has 0 saturated heterocycles. The smallest absolute Gasteiger partial charge is 0.0136 e. The second-order valence-electron chi connectivity index (χ2n) is 2.79. The molecule has 0 aromatic rings. The molecule has 0 aliphatic rings. The van der Waals surface area contributed by atoms with E-state index < -0.39 is 0 Å². The number of rotatable bonds is 2. The molecule has 0 rings (SSSR count). The first kappa shape index (κ1) is 9.28. The number of nitrogens with two attached hydrogens (primary N) is 1. The van der Waals surface area contributed by atoms with E-state index in [0.717, 1.165) is 5.70 Å². The lowest BCUT2D eigenvalue weighted by molar-refractivity contribution is 0.748. The van der Waals surface area contributed by atoms with Crippen molar-refractivity contribution in [1.82, 2.24) is 0 Å². The Balaban J connectivity index is 4.34. The third-order valence-corrected chi connectivity index (χ3v) is 1.49. The highest BCUT2D eigenvalue weighted by Crippen LogP contribution is 2.09. The maximum atomic E-state index is 5.77. The van der Waals surface area contributed by atoms with Crippen LogP contribution < -0.4 is 5.73 Å². The predicted octanol–water partition coefficient (Wildman–Crippen LogP) is 2.45. The molecule has 0 fully saturated rings. The van der Waals surface area contributed by atoms with Crippen LogP contribution in [0.3, 0.4) is 0 Å². The zero-order valence-electron chi connectivity index (χ0n) is 7.31. The van der Waals surface area contributed by atoms with Gasteiger partial charge in [0.15, 0.2) is 0 Å². The van der Waals surface area contributed by atoms with E-state index in [1.165, 1.54) is 5.57 Å². The molecular formula is C9H17N. The van der Waals surface area contributed by atoms with Gasteiger partial charge in [-0.1, -0.05) is 26.0 Å². The van der Waals surface area contributed by atoms with Crippen molar-refractivity contribution in [2.24, 2.45) is 11.7 Å². The van der Waals surface area contributed by atoms with Crippen molar-refractivity contribution in [2.45, 2.75) is 27.7 Å². The number of allylic oxidation sites excluding steroid dienone is 4. The van der Waals surface area contributed by atoms with Gasteiger partial charge in [-0.15, -0.1) is 0 Å². The van der Waals surface area contributed by atoms with Crippen LogP contribution in [-0.2, 0) is 0 Å². The van der Waals surface area contributed by atoms with Crippen LogP contribution in [0.25, 0.3) is 0 Å². The SMILES string of the molecule is CC=CC(C)=C(N)C(C)C. The van der Waals surface area contributed by atoms with Gasteiger partial charge in [-0.3, -0.25) is 0 Å². The Morgan fingerprint density at radius 2 is 1.90 bits per heavy atom. The fraction of sp³-hybridized carbons (Fsp3) is 0.556. The zero-order valence-corrected chi connectivity index (χ0v) is 7.31. The molecule has 0 aromatic heterocycles. The molecule has 0 aliphatic carbocycles. The van der Waals surface area contributed by atoms with Crippen molar-refractivity contribution < 1.29 is 0 Å². The van der Waals surface area contributed by atoms with Gasteiger partial charge in [0, 0.05) is 5.70 Å². The summed E-state index contributed by atoms with van der Waals surface area (Å²) in [6.45, 7) is 8.23. The Kier molecular flexibility index (Phi) is 3.85. The molecule has 0 aliphatic heterocycles. The second kappa shape index (κ2) is 4.15. The number of hydrogen-bond acceptors (Lipinski definition) is 1. The summed E-state index contributed by atoms with van der Waals surface area (Å²) in [6, 6.07) is 0. The molecular weight excluding hydrogens is 122 g/mol. The number of hydrogen-bond donors (Lipinski definition) is 1. The fourth-order valence-corrected chi connectivity index (χ4v) is 0.802. The van der Waals surface area contributed by atoms with Gasteiger partial charge in [0.25, 0.3) is 0 Å². The Labute approximate surface area is 63.6 Å². The summed E-state index contributed by atoms with van der Waals surface area (Å²) >= 11 is 0. The third-order valence-electron chi connectivity index (χ3n) is 1.49. The summed E-state index contributed by atoms with van der Waals surface area (Å²) in [5, 5.41) is 0. The van der Waals surface area contributed by atoms with Crippen LogP contribution in [0.4, 0.5) is 0 Å². The third kappa shape index (κ3) is 2.72. The monoisotopic (exact) mass is 139 g/mol. The minimum Gasteiger partial charge on any atom is -0.402 e. The van der Waals surface area contributed by atoms with Crippen LogP contribution >= 0.6 is 0 Å². The van der Waals surface area contributed by atoms with Crippen LogP contribution in [0, 0.1) is 5.92 Å². The molecule has 2 N–H and O–H groups in total. The average Bonchev–Trinajstić information content (AvgIpc) is 1.87. The summed E-state index contributed by atoms with van der Waals surface area (Å²) in [5.74, 6) is 0.455. The van der Waals surface area contributed by atoms with E-state index in [-0.39, 0.29) is 0 Å². The first-order chi connectivity index (χ1) is 4.59. The first-order valence-corrected chi connectivity index (χ1v) is 3.68. The minimum atomic E-state index is 0.455. The lowest BCUT2D eigenvalue weighted by Gasteiger charge is -2.06. The van der Waals surface area contributed by atoms with Crippen molar-refractivity contribution in [2.75, 3.05) is 0 Å². The molecule has 0 saturated carbocycles. The summed E-state index contributed by atoms with van der Waals surface area (Å²) in [4.78, 5) is 0. The van der Waals surface area contributed by atoms with E-state index in [9.17, 15) is 0 Å². The van der Waals surface area contributed by atoms with Gasteiger partial charge in [-0.25, -0.2) is 0 Å². The summed E-state index contributed by atoms with van der Waals surface area (Å²) in [7, 11) is 0. The predicted molar refractivity (Wildman–Crippen MR) is 46.5 cm³/mol. The van der Waals surface area contributed by atoms with E-state index in [0.29, 0.717) is 5.92 Å². The van der Waals surface area contributed by atoms with Crippen LogP contribution in [0.1, 0.15) is 27.7 Å². The minimum absolute atomic E-state index is 0.455. The molecule has 0 bridgehead atoms. The molecule has 0 heterocycles. The largest absolute Gasteiger partial charge is 0.402 e. The molecule has 0 radical (unpaired) electrons. The van der Waals surface area contributed by atoms with Gasteiger partial charge in [0.1, 0.15) is 0 Å². The topological polar surface area (TPSA) is 26.0 Å². The van der Waals surface area contributed by atoms with Gasteiger partial charge < -0.3 is 5.73 Å². The van der Waals surface area contributed by atoms with E-state index in [1.54, 1.807) is 0 Å². The summed E-state index contributed by atoms with van der Waals surface area (Å²) in [5.41, 5.74) is 7.94. The zero-order chi connectivity index (χ0) is 8.15. The van der Waals surface area contributed by atoms with E-state index >= 15 is 0 Å². The lowest BCUT2D eigenvalue weighted by Crippen LogP contribution is -2.06. The highest BCUT2D eigenvalue weighted by Gasteiger charge is 1.98. The quantitative estimate of drug-likeness (QED) is 0.584. The normalized spacial score (nSPS) is 14.5. The van der Waals surface area contributed by atoms with Crippen molar-refractivity contribution in [3.8, 4) is 0 Å². The molecule has 10 heavy (non-hydrogen) atoms. The van der Waals surface area contributed by atoms with Crippen molar-refractivity contribution in [1.29, 1.82) is 0 Å². The highest BCUT2D eigenvalue weighted by atomic mass is 14.6. The summed E-state index contributed by atoms with van der Waals surface area (Å²) in [6.07, 6.45) is 4.04. The molecule has 0 spiro atoms. The average molecular weight is 139 g/mol. The van der Waals surface area contributed by atoms with Gasteiger partial charge >= 0.3 is 0 Å². The fourth-order valence-electron chi connectivity index (χ4n) is 0.802. The van der Waals surface area contributed by atoms with Crippen LogP contribution in [0.15, 0.2) is 23.4 Å². The van der Waals surface area contributed by atoms with Gasteiger partial charge in [0.05, 0.1) is 0 Å². The Morgan fingerprint density at radius 3 is 2.20 bits per heavy atom. The first-order valence-electron chi connectivity index (χ1n) is 3.68. The maximum Gasteiger partial charge on any atom is 0.0136 e. The highest BCUT2D eigenvalue weighted by molar-refractivity contribution is 5.22. The molecule has 0 amide bonds. The van der Waals surface area contributed by atoms with Crippen molar-refractivity contribution in [3.05, 3.63) is 23.4 Å². The molecule has 1 nitrogen and oxygen atoms in total. The van der Waals surface area contributed by atoms with E-state index in [2.05, 4.69) is 13.8 Å². The van der Waals surface area contributed by atoms with Crippen molar-refractivity contribution >= 4 is 0 Å². The molecule has 0 atom stereocenters. The molecule has 0 unspecified atom stereocenters. The van der Waals surface area contributed by atoms with Crippen LogP contribution in [0.2, 0.25) is 0 Å². The Morgan fingerprint density at radius 1 is 1.40 bits per heavy atom. The molecule has 58 valence electrons. The Hall–Kier alpha value is -0.720. The van der Waals surface area contributed by atoms with Crippen LogP contribution in [0.5, 0.6) is 0 Å². The summed E-state index contributed by atoms with van der Waals surface area (Å²) < 4.78 is 0. The maximum absolute atomic E-state index is 5.77. The Bertz CT molecular complexity index is 152. The molecule has 1 heteroatoms. The van der Waals surface area contributed by atoms with Gasteiger partial charge in [-0.05, 0) is 25.3 Å². The second-order valence-corrected chi connectivity index (χ2v) is 2.79. The standard InChI is InChI=1S/C9H17N/c1-5-6-8(4)9(10)7(2)3/h5-7H,10H2,1-4H3. The van der Waals surface area contributed by atoms with Gasteiger partial charge in [0.2, 0.25) is 0 Å². The van der Waals surface area contributed by atoms with E-state index in [1.807, 2.05) is 26.0 Å². The molecule has 0 aromatic carbocycles. The van der Waals surface area contributed by atoms with Crippen molar-refractivity contribution in [3.63, 3.8) is 0 Å². The van der Waals surface area contributed by atoms with Gasteiger partial charge in [-0.2, -0.15) is 0 Å². The van der Waals surface area contributed by atoms with Crippen LogP contribution in [-0.4, -0.2) is 0 Å². The van der Waals surface area contributed by atoms with E-state index in [4.69, 9.17) is 5.73 Å². The lowest BCUT2D eigenvalue weighted by atomic mass is 10.1.